The quantitative estimate of drug-likeness (QED) is 0.0388. The number of unbranched alkanes of at least 4 members (excludes halogenated alkanes) is 5. The van der Waals surface area contributed by atoms with E-state index in [1.165, 1.54) is 25.7 Å². The third-order valence-corrected chi connectivity index (χ3v) is 9.45. The van der Waals surface area contributed by atoms with Crippen molar-refractivity contribution in [2.45, 2.75) is 136 Å². The summed E-state index contributed by atoms with van der Waals surface area (Å²) in [7, 11) is -4.01. The van der Waals surface area contributed by atoms with Crippen molar-refractivity contribution in [3.8, 4) is 0 Å². The van der Waals surface area contributed by atoms with Crippen LogP contribution in [0.25, 0.3) is 0 Å². The molecule has 0 radical (unpaired) electrons. The predicted octanol–water partition coefficient (Wildman–Crippen LogP) is 3.31. The molecule has 12 heteroatoms. The Morgan fingerprint density at radius 1 is 0.609 bits per heavy atom. The second-order valence-corrected chi connectivity index (χ2v) is 15.2. The Morgan fingerprint density at radius 3 is 1.63 bits per heavy atom. The highest BCUT2D eigenvalue weighted by molar-refractivity contribution is 6.56. The van der Waals surface area contributed by atoms with Crippen molar-refractivity contribution in [2.75, 3.05) is 72.4 Å². The van der Waals surface area contributed by atoms with Crippen LogP contribution in [0.1, 0.15) is 111 Å². The van der Waals surface area contributed by atoms with Gasteiger partial charge in [0.1, 0.15) is 0 Å². The first kappa shape index (κ1) is 45.8. The van der Waals surface area contributed by atoms with Gasteiger partial charge in [-0.2, -0.15) is 0 Å². The molecule has 0 spiro atoms. The SMILES string of the molecule is CCCCC(CC)COCC(O)CN(CCCCCCNCC(O)COCCC[Si](O)(O)O)CC(O)COCC(CC)CCCC. The molecule has 0 saturated heterocycles. The standard InChI is InChI=1S/C34H74N2O9Si/c1-5-9-16-30(7-3)25-44-28-33(38)23-36(24-34(39)29-45-26-31(8-4)17-10-6-2)19-14-12-11-13-18-35-22-32(37)27-43-20-15-21-46(40,41)42/h30-35,37-42H,5-29H2,1-4H3. The molecule has 0 aliphatic rings. The number of rotatable bonds is 35. The van der Waals surface area contributed by atoms with E-state index in [1.807, 2.05) is 0 Å². The number of hydrogen-bond acceptors (Lipinski definition) is 11. The summed E-state index contributed by atoms with van der Waals surface area (Å²) in [4.78, 5) is 29.1. The molecule has 0 amide bonds. The Balaban J connectivity index is 4.45. The second kappa shape index (κ2) is 30.8. The first-order chi connectivity index (χ1) is 22.0. The van der Waals surface area contributed by atoms with E-state index in [1.54, 1.807) is 0 Å². The molecule has 7 N–H and O–H groups in total. The first-order valence-corrected chi connectivity index (χ1v) is 20.5. The number of nitrogens with zero attached hydrogens (tertiary/aromatic N) is 1. The minimum atomic E-state index is -4.01. The van der Waals surface area contributed by atoms with Gasteiger partial charge in [-0.3, -0.25) is 4.90 Å². The van der Waals surface area contributed by atoms with E-state index in [0.717, 1.165) is 64.5 Å². The molecule has 0 bridgehead atoms. The molecule has 46 heavy (non-hydrogen) atoms. The summed E-state index contributed by atoms with van der Waals surface area (Å²) in [5, 5.41) is 34.8. The van der Waals surface area contributed by atoms with Crippen LogP contribution in [0.3, 0.4) is 0 Å². The molecule has 0 heterocycles. The van der Waals surface area contributed by atoms with Crippen LogP contribution >= 0.6 is 0 Å². The lowest BCUT2D eigenvalue weighted by Gasteiger charge is -2.28. The minimum absolute atomic E-state index is 0.0691. The van der Waals surface area contributed by atoms with Gasteiger partial charge < -0.3 is 49.2 Å². The minimum Gasteiger partial charge on any atom is -0.390 e. The van der Waals surface area contributed by atoms with Gasteiger partial charge in [0.2, 0.25) is 0 Å². The molecule has 0 saturated carbocycles. The Hall–Kier alpha value is -0.223. The molecular weight excluding hydrogens is 608 g/mol. The van der Waals surface area contributed by atoms with Crippen molar-refractivity contribution in [1.29, 1.82) is 0 Å². The monoisotopic (exact) mass is 683 g/mol. The van der Waals surface area contributed by atoms with Crippen LogP contribution in [0.4, 0.5) is 0 Å². The molecule has 0 rings (SSSR count). The number of aliphatic hydroxyl groups is 3. The molecule has 0 aromatic heterocycles. The van der Waals surface area contributed by atoms with Crippen LogP contribution < -0.4 is 5.32 Å². The molecule has 11 nitrogen and oxygen atoms in total. The Kier molecular flexibility index (Phi) is 30.7. The van der Waals surface area contributed by atoms with E-state index in [-0.39, 0.29) is 19.3 Å². The fourth-order valence-corrected chi connectivity index (χ4v) is 6.01. The van der Waals surface area contributed by atoms with Crippen molar-refractivity contribution < 1.29 is 43.9 Å². The number of nitrogens with one attached hydrogen (secondary N) is 1. The molecule has 5 unspecified atom stereocenters. The van der Waals surface area contributed by atoms with Crippen LogP contribution in [0, 0.1) is 11.8 Å². The smallest absolute Gasteiger partial charge is 0.390 e. The average molecular weight is 683 g/mol. The zero-order valence-corrected chi connectivity index (χ0v) is 30.9. The molecule has 0 fully saturated rings. The van der Waals surface area contributed by atoms with Crippen molar-refractivity contribution in [3.63, 3.8) is 0 Å². The van der Waals surface area contributed by atoms with Gasteiger partial charge in [0.15, 0.2) is 0 Å². The summed E-state index contributed by atoms with van der Waals surface area (Å²) >= 11 is 0. The zero-order chi connectivity index (χ0) is 34.5. The van der Waals surface area contributed by atoms with E-state index in [4.69, 9.17) is 28.6 Å². The normalized spacial score (nSPS) is 15.7. The van der Waals surface area contributed by atoms with Crippen molar-refractivity contribution >= 4 is 8.80 Å². The van der Waals surface area contributed by atoms with Gasteiger partial charge in [-0.05, 0) is 57.0 Å². The van der Waals surface area contributed by atoms with Gasteiger partial charge in [0.05, 0.1) is 38.1 Å². The molecule has 0 aliphatic carbocycles. The van der Waals surface area contributed by atoms with Gasteiger partial charge >= 0.3 is 8.80 Å². The van der Waals surface area contributed by atoms with Crippen molar-refractivity contribution in [1.82, 2.24) is 10.2 Å². The highest BCUT2D eigenvalue weighted by Gasteiger charge is 2.25. The Morgan fingerprint density at radius 2 is 1.13 bits per heavy atom. The highest BCUT2D eigenvalue weighted by atomic mass is 28.4. The maximum absolute atomic E-state index is 10.8. The van der Waals surface area contributed by atoms with Crippen LogP contribution in [0.5, 0.6) is 0 Å². The van der Waals surface area contributed by atoms with Crippen LogP contribution in [0.2, 0.25) is 6.04 Å². The highest BCUT2D eigenvalue weighted by Crippen LogP contribution is 2.14. The van der Waals surface area contributed by atoms with Gasteiger partial charge in [-0.15, -0.1) is 0 Å². The lowest BCUT2D eigenvalue weighted by Crippen LogP contribution is -2.41. The Bertz CT molecular complexity index is 618. The topological polar surface area (TPSA) is 164 Å². The molecule has 0 aromatic rings. The summed E-state index contributed by atoms with van der Waals surface area (Å²) in [6, 6.07) is -0.0691. The first-order valence-electron chi connectivity index (χ1n) is 18.4. The summed E-state index contributed by atoms with van der Waals surface area (Å²) < 4.78 is 17.1. The summed E-state index contributed by atoms with van der Waals surface area (Å²) in [5.74, 6) is 1.07. The molecule has 278 valence electrons. The largest absolute Gasteiger partial charge is 0.492 e. The number of ether oxygens (including phenoxy) is 3. The summed E-state index contributed by atoms with van der Waals surface area (Å²) in [6.07, 6.45) is 11.7. The van der Waals surface area contributed by atoms with Crippen LogP contribution in [-0.2, 0) is 14.2 Å². The molecular formula is C34H74N2O9Si. The summed E-state index contributed by atoms with van der Waals surface area (Å²) in [5.41, 5.74) is 0. The fourth-order valence-electron chi connectivity index (χ4n) is 5.39. The maximum Gasteiger partial charge on any atom is 0.492 e. The van der Waals surface area contributed by atoms with Gasteiger partial charge in [0, 0.05) is 45.5 Å². The van der Waals surface area contributed by atoms with E-state index in [9.17, 15) is 15.3 Å². The number of aliphatic hydroxyl groups excluding tert-OH is 3. The third kappa shape index (κ3) is 29.9. The van der Waals surface area contributed by atoms with E-state index >= 15 is 0 Å². The zero-order valence-electron chi connectivity index (χ0n) is 29.9. The van der Waals surface area contributed by atoms with Crippen molar-refractivity contribution in [2.24, 2.45) is 11.8 Å². The van der Waals surface area contributed by atoms with Crippen LogP contribution in [0.15, 0.2) is 0 Å². The van der Waals surface area contributed by atoms with E-state index in [2.05, 4.69) is 37.9 Å². The van der Waals surface area contributed by atoms with E-state index < -0.39 is 27.1 Å². The fraction of sp³-hybridized carbons (Fsp3) is 1.00. The van der Waals surface area contributed by atoms with Gasteiger partial charge in [0.25, 0.3) is 0 Å². The molecule has 0 aliphatic heterocycles. The number of hydrogen-bond donors (Lipinski definition) is 7. The van der Waals surface area contributed by atoms with Crippen LogP contribution in [-0.4, -0.2) is 134 Å². The lowest BCUT2D eigenvalue weighted by molar-refractivity contribution is -0.0207. The maximum atomic E-state index is 10.8. The van der Waals surface area contributed by atoms with Gasteiger partial charge in [-0.25, -0.2) is 0 Å². The Labute approximate surface area is 282 Å². The third-order valence-electron chi connectivity index (χ3n) is 8.42. The van der Waals surface area contributed by atoms with E-state index in [0.29, 0.717) is 64.3 Å². The lowest BCUT2D eigenvalue weighted by atomic mass is 10.0. The van der Waals surface area contributed by atoms with Gasteiger partial charge in [-0.1, -0.05) is 79.1 Å². The van der Waals surface area contributed by atoms with Crippen molar-refractivity contribution in [3.05, 3.63) is 0 Å². The second-order valence-electron chi connectivity index (χ2n) is 13.2. The molecule has 5 atom stereocenters. The summed E-state index contributed by atoms with van der Waals surface area (Å²) in [6.45, 7) is 14.1. The average Bonchev–Trinajstić information content (AvgIpc) is 3.00. The molecule has 0 aromatic carbocycles. The predicted molar refractivity (Wildman–Crippen MR) is 187 cm³/mol.